The summed E-state index contributed by atoms with van der Waals surface area (Å²) in [6.45, 7) is -0.375. The average molecular weight is 438 g/mol. The van der Waals surface area contributed by atoms with Gasteiger partial charge in [-0.05, 0) is 36.4 Å². The highest BCUT2D eigenvalue weighted by atomic mass is 35.5. The Morgan fingerprint density at radius 3 is 2.52 bits per heavy atom. The van der Waals surface area contributed by atoms with Crippen LogP contribution in [0.5, 0.6) is 0 Å². The first-order valence-electron chi connectivity index (χ1n) is 9.27. The molecule has 0 fully saturated rings. The lowest BCUT2D eigenvalue weighted by Crippen LogP contribution is -2.34. The molecule has 1 aliphatic rings. The molecule has 3 aromatic rings. The van der Waals surface area contributed by atoms with Gasteiger partial charge >= 0.3 is 5.97 Å². The van der Waals surface area contributed by atoms with Gasteiger partial charge in [-0.2, -0.15) is 0 Å². The lowest BCUT2D eigenvalue weighted by molar-refractivity contribution is -0.137. The summed E-state index contributed by atoms with van der Waals surface area (Å²) in [5.41, 5.74) is 2.42. The SMILES string of the molecule is O=C(O)c1cc(-c2ccc(NC3=CC(=O)N(CCO)C3=O)cc2)nc2ccc(Cl)cc12. The number of carbonyl (C=O) groups excluding carboxylic acids is 2. The van der Waals surface area contributed by atoms with Crippen LogP contribution in [-0.4, -0.2) is 51.0 Å². The number of aliphatic hydroxyl groups excluding tert-OH is 1. The number of amides is 2. The topological polar surface area (TPSA) is 120 Å². The smallest absolute Gasteiger partial charge is 0.336 e. The first kappa shape index (κ1) is 20.5. The molecule has 1 aromatic heterocycles. The number of aromatic nitrogens is 1. The molecule has 0 saturated heterocycles. The Bertz CT molecular complexity index is 1250. The lowest BCUT2D eigenvalue weighted by Gasteiger charge is -2.13. The number of hydrogen-bond donors (Lipinski definition) is 3. The quantitative estimate of drug-likeness (QED) is 0.507. The van der Waals surface area contributed by atoms with Crippen molar-refractivity contribution in [2.45, 2.75) is 0 Å². The maximum atomic E-state index is 12.2. The Hall–Kier alpha value is -3.75. The number of fused-ring (bicyclic) bond motifs is 1. The molecule has 4 rings (SSSR count). The molecule has 2 aromatic carbocycles. The van der Waals surface area contributed by atoms with Crippen molar-refractivity contribution < 1.29 is 24.6 Å². The maximum absolute atomic E-state index is 12.2. The van der Waals surface area contributed by atoms with E-state index < -0.39 is 17.8 Å². The number of aromatic carboxylic acids is 1. The Kier molecular flexibility index (Phi) is 5.41. The zero-order valence-electron chi connectivity index (χ0n) is 16.0. The predicted octanol–water partition coefficient (Wildman–Crippen LogP) is 2.91. The normalized spacial score (nSPS) is 13.6. The Morgan fingerprint density at radius 2 is 1.84 bits per heavy atom. The number of β-amino-alcohol motifs (C(OH)–C–C–N with tert-alkyl or cyclic N) is 1. The van der Waals surface area contributed by atoms with Gasteiger partial charge in [0, 0.05) is 27.7 Å². The number of hydrogen-bond acceptors (Lipinski definition) is 6. The Balaban J connectivity index is 1.62. The van der Waals surface area contributed by atoms with Gasteiger partial charge in [0.25, 0.3) is 11.8 Å². The fourth-order valence-corrected chi connectivity index (χ4v) is 3.48. The van der Waals surface area contributed by atoms with Crippen molar-refractivity contribution in [3.05, 3.63) is 70.9 Å². The number of pyridine rings is 1. The van der Waals surface area contributed by atoms with Crippen LogP contribution in [0, 0.1) is 0 Å². The number of rotatable bonds is 6. The third kappa shape index (κ3) is 3.98. The summed E-state index contributed by atoms with van der Waals surface area (Å²) in [4.78, 5) is 41.3. The van der Waals surface area contributed by atoms with Crippen molar-refractivity contribution in [2.75, 3.05) is 18.5 Å². The molecule has 0 spiro atoms. The third-order valence-corrected chi connectivity index (χ3v) is 5.03. The van der Waals surface area contributed by atoms with Crippen molar-refractivity contribution in [2.24, 2.45) is 0 Å². The lowest BCUT2D eigenvalue weighted by atomic mass is 10.0. The highest BCUT2D eigenvalue weighted by Crippen LogP contribution is 2.28. The van der Waals surface area contributed by atoms with Gasteiger partial charge in [-0.25, -0.2) is 9.78 Å². The molecule has 1 aliphatic heterocycles. The molecular weight excluding hydrogens is 422 g/mol. The molecule has 3 N–H and O–H groups in total. The summed E-state index contributed by atoms with van der Waals surface area (Å²) in [7, 11) is 0. The molecule has 2 amide bonds. The second kappa shape index (κ2) is 8.17. The highest BCUT2D eigenvalue weighted by Gasteiger charge is 2.30. The molecule has 0 atom stereocenters. The fraction of sp³-hybridized carbons (Fsp3) is 0.0909. The maximum Gasteiger partial charge on any atom is 0.336 e. The molecule has 156 valence electrons. The highest BCUT2D eigenvalue weighted by molar-refractivity contribution is 6.31. The van der Waals surface area contributed by atoms with Crippen molar-refractivity contribution in [1.82, 2.24) is 9.88 Å². The number of nitrogens with one attached hydrogen (secondary N) is 1. The summed E-state index contributed by atoms with van der Waals surface area (Å²) in [5.74, 6) is -2.08. The van der Waals surface area contributed by atoms with E-state index >= 15 is 0 Å². The molecular formula is C22H16ClN3O5. The first-order valence-corrected chi connectivity index (χ1v) is 9.64. The van der Waals surface area contributed by atoms with Crippen LogP contribution in [0.3, 0.4) is 0 Å². The molecule has 31 heavy (non-hydrogen) atoms. The van der Waals surface area contributed by atoms with Crippen LogP contribution >= 0.6 is 11.6 Å². The third-order valence-electron chi connectivity index (χ3n) is 4.79. The van der Waals surface area contributed by atoms with E-state index in [2.05, 4.69) is 10.3 Å². The van der Waals surface area contributed by atoms with Gasteiger partial charge in [-0.15, -0.1) is 0 Å². The van der Waals surface area contributed by atoms with Gasteiger partial charge in [-0.1, -0.05) is 23.7 Å². The average Bonchev–Trinajstić information content (AvgIpc) is 3.01. The summed E-state index contributed by atoms with van der Waals surface area (Å²) in [5, 5.41) is 22.3. The van der Waals surface area contributed by atoms with Crippen LogP contribution in [-0.2, 0) is 9.59 Å². The van der Waals surface area contributed by atoms with E-state index in [0.29, 0.717) is 32.9 Å². The van der Waals surface area contributed by atoms with Crippen LogP contribution in [0.2, 0.25) is 5.02 Å². The molecule has 0 saturated carbocycles. The molecule has 0 radical (unpaired) electrons. The molecule has 9 heteroatoms. The van der Waals surface area contributed by atoms with Crippen molar-refractivity contribution >= 4 is 46.0 Å². The van der Waals surface area contributed by atoms with Crippen molar-refractivity contribution in [1.29, 1.82) is 0 Å². The Labute approximate surface area is 181 Å². The summed E-state index contributed by atoms with van der Waals surface area (Å²) >= 11 is 5.99. The van der Waals surface area contributed by atoms with Gasteiger partial charge in [0.2, 0.25) is 0 Å². The van der Waals surface area contributed by atoms with Crippen LogP contribution in [0.15, 0.2) is 60.3 Å². The van der Waals surface area contributed by atoms with Gasteiger partial charge in [0.1, 0.15) is 5.70 Å². The van der Waals surface area contributed by atoms with Crippen LogP contribution in [0.25, 0.3) is 22.2 Å². The Morgan fingerprint density at radius 1 is 1.10 bits per heavy atom. The van der Waals surface area contributed by atoms with E-state index in [0.717, 1.165) is 4.90 Å². The number of nitrogens with zero attached hydrogens (tertiary/aromatic N) is 2. The van der Waals surface area contributed by atoms with E-state index in [1.807, 2.05) is 0 Å². The minimum atomic E-state index is -1.09. The molecule has 8 nitrogen and oxygen atoms in total. The van der Waals surface area contributed by atoms with E-state index in [9.17, 15) is 19.5 Å². The van der Waals surface area contributed by atoms with Gasteiger partial charge in [0.15, 0.2) is 0 Å². The zero-order chi connectivity index (χ0) is 22.1. The second-order valence-electron chi connectivity index (χ2n) is 6.80. The van der Waals surface area contributed by atoms with E-state index in [-0.39, 0.29) is 24.4 Å². The summed E-state index contributed by atoms with van der Waals surface area (Å²) < 4.78 is 0. The number of benzene rings is 2. The largest absolute Gasteiger partial charge is 0.478 e. The van der Waals surface area contributed by atoms with Gasteiger partial charge < -0.3 is 15.5 Å². The number of aliphatic hydroxyl groups is 1. The van der Waals surface area contributed by atoms with Crippen molar-refractivity contribution in [3.63, 3.8) is 0 Å². The number of carbonyl (C=O) groups is 3. The monoisotopic (exact) mass is 437 g/mol. The number of imide groups is 1. The van der Waals surface area contributed by atoms with Gasteiger partial charge in [-0.3, -0.25) is 14.5 Å². The molecule has 0 bridgehead atoms. The number of carboxylic acids is 1. The predicted molar refractivity (Wildman–Crippen MR) is 115 cm³/mol. The van der Waals surface area contributed by atoms with Crippen LogP contribution in [0.1, 0.15) is 10.4 Å². The fourth-order valence-electron chi connectivity index (χ4n) is 3.31. The number of halogens is 1. The standard InChI is InChI=1S/C22H16ClN3O5/c23-13-3-6-17-15(9-13)16(22(30)31)10-18(25-17)12-1-4-14(5-2-12)24-19-11-20(28)26(7-8-27)21(19)29/h1-6,9-11,24,27H,7-8H2,(H,30,31). The summed E-state index contributed by atoms with van der Waals surface area (Å²) in [6, 6.07) is 13.2. The van der Waals surface area contributed by atoms with E-state index in [1.165, 1.54) is 12.1 Å². The number of anilines is 1. The van der Waals surface area contributed by atoms with E-state index in [4.69, 9.17) is 16.7 Å². The van der Waals surface area contributed by atoms with E-state index in [1.54, 1.807) is 42.5 Å². The molecule has 0 unspecified atom stereocenters. The minimum absolute atomic E-state index is 0.0664. The molecule has 2 heterocycles. The zero-order valence-corrected chi connectivity index (χ0v) is 16.8. The van der Waals surface area contributed by atoms with Crippen molar-refractivity contribution in [3.8, 4) is 11.3 Å². The van der Waals surface area contributed by atoms with Gasteiger partial charge in [0.05, 0.1) is 29.9 Å². The number of carboxylic acid groups (broad SMARTS) is 1. The van der Waals surface area contributed by atoms with Crippen LogP contribution < -0.4 is 5.32 Å². The molecule has 0 aliphatic carbocycles. The summed E-state index contributed by atoms with van der Waals surface area (Å²) in [6.07, 6.45) is 1.18. The minimum Gasteiger partial charge on any atom is -0.478 e. The first-order chi connectivity index (χ1) is 14.9. The second-order valence-corrected chi connectivity index (χ2v) is 7.24. The van der Waals surface area contributed by atoms with Crippen LogP contribution in [0.4, 0.5) is 5.69 Å².